The van der Waals surface area contributed by atoms with Crippen molar-refractivity contribution in [1.29, 1.82) is 0 Å². The highest BCUT2D eigenvalue weighted by Gasteiger charge is 2.31. The van der Waals surface area contributed by atoms with Crippen LogP contribution in [-0.4, -0.2) is 10.7 Å². The van der Waals surface area contributed by atoms with Crippen LogP contribution < -0.4 is 0 Å². The van der Waals surface area contributed by atoms with Gasteiger partial charge in [0.25, 0.3) is 0 Å². The van der Waals surface area contributed by atoms with Crippen molar-refractivity contribution in [3.63, 3.8) is 0 Å². The quantitative estimate of drug-likeness (QED) is 0.712. The molecule has 0 aliphatic heterocycles. The van der Waals surface area contributed by atoms with Crippen molar-refractivity contribution in [2.45, 2.75) is 63.9 Å². The zero-order valence-corrected chi connectivity index (χ0v) is 13.7. The van der Waals surface area contributed by atoms with E-state index in [2.05, 4.69) is 6.92 Å². The first-order valence-electron chi connectivity index (χ1n) is 7.69. The first-order chi connectivity index (χ1) is 9.52. The van der Waals surface area contributed by atoms with E-state index in [0.29, 0.717) is 16.5 Å². The van der Waals surface area contributed by atoms with E-state index in [0.717, 1.165) is 37.2 Å². The van der Waals surface area contributed by atoms with Crippen LogP contribution in [0, 0.1) is 5.92 Å². The fraction of sp³-hybridized carbons (Fsp3) is 0.647. The zero-order chi connectivity index (χ0) is 14.6. The molecule has 0 saturated heterocycles. The second kappa shape index (κ2) is 7.15. The van der Waals surface area contributed by atoms with Gasteiger partial charge in [0.15, 0.2) is 0 Å². The lowest BCUT2D eigenvalue weighted by Gasteiger charge is -2.27. The van der Waals surface area contributed by atoms with Crippen LogP contribution in [-0.2, 0) is 6.42 Å². The van der Waals surface area contributed by atoms with E-state index in [4.69, 9.17) is 23.2 Å². The van der Waals surface area contributed by atoms with Gasteiger partial charge in [0.05, 0.1) is 5.60 Å². The fourth-order valence-corrected chi connectivity index (χ4v) is 3.75. The number of hydrogen-bond acceptors (Lipinski definition) is 1. The molecule has 112 valence electrons. The van der Waals surface area contributed by atoms with Crippen molar-refractivity contribution in [1.82, 2.24) is 0 Å². The van der Waals surface area contributed by atoms with Gasteiger partial charge in [-0.3, -0.25) is 0 Å². The molecular formula is C17H24Cl2O. The molecule has 1 aromatic rings. The van der Waals surface area contributed by atoms with Gasteiger partial charge in [-0.05, 0) is 48.9 Å². The van der Waals surface area contributed by atoms with E-state index in [1.54, 1.807) is 6.07 Å². The second-order valence-electron chi connectivity index (χ2n) is 6.22. The molecule has 1 aromatic carbocycles. The number of benzene rings is 1. The smallest absolute Gasteiger partial charge is 0.0688 e. The monoisotopic (exact) mass is 314 g/mol. The van der Waals surface area contributed by atoms with Gasteiger partial charge in [-0.15, -0.1) is 0 Å². The van der Waals surface area contributed by atoms with Gasteiger partial charge in [-0.25, -0.2) is 0 Å². The normalized spacial score (nSPS) is 27.3. The van der Waals surface area contributed by atoms with Crippen LogP contribution in [0.15, 0.2) is 18.2 Å². The van der Waals surface area contributed by atoms with Crippen molar-refractivity contribution in [3.05, 3.63) is 33.8 Å². The predicted octanol–water partition coefficient (Wildman–Crippen LogP) is 5.65. The number of hydrogen-bond donors (Lipinski definition) is 1. The fourth-order valence-electron chi connectivity index (χ4n) is 3.37. The Morgan fingerprint density at radius 3 is 2.80 bits per heavy atom. The van der Waals surface area contributed by atoms with Gasteiger partial charge >= 0.3 is 0 Å². The van der Waals surface area contributed by atoms with Gasteiger partial charge < -0.3 is 5.11 Å². The minimum absolute atomic E-state index is 0.614. The van der Waals surface area contributed by atoms with Crippen LogP contribution in [0.3, 0.4) is 0 Å². The lowest BCUT2D eigenvalue weighted by Crippen LogP contribution is -2.30. The van der Waals surface area contributed by atoms with Crippen molar-refractivity contribution in [3.8, 4) is 0 Å². The lowest BCUT2D eigenvalue weighted by molar-refractivity contribution is 0.0241. The molecule has 1 aliphatic carbocycles. The van der Waals surface area contributed by atoms with Gasteiger partial charge in [-0.2, -0.15) is 0 Å². The first-order valence-corrected chi connectivity index (χ1v) is 8.44. The summed E-state index contributed by atoms with van der Waals surface area (Å²) in [5.74, 6) is 0.781. The average molecular weight is 315 g/mol. The molecule has 3 heteroatoms. The standard InChI is InChI=1S/C17H24Cl2O/c1-2-4-13-5-3-9-17(20,10-8-13)12-14-11-15(18)6-7-16(14)19/h6-7,11,13,20H,2-5,8-10,12H2,1H3. The molecule has 2 rings (SSSR count). The van der Waals surface area contributed by atoms with Crippen molar-refractivity contribution < 1.29 is 5.11 Å². The van der Waals surface area contributed by atoms with Gasteiger partial charge in [0.2, 0.25) is 0 Å². The molecule has 1 saturated carbocycles. The Morgan fingerprint density at radius 2 is 2.05 bits per heavy atom. The van der Waals surface area contributed by atoms with Gasteiger partial charge in [-0.1, -0.05) is 55.8 Å². The summed E-state index contributed by atoms with van der Waals surface area (Å²) in [4.78, 5) is 0. The summed E-state index contributed by atoms with van der Waals surface area (Å²) in [7, 11) is 0. The third kappa shape index (κ3) is 4.38. The number of aliphatic hydroxyl groups is 1. The summed E-state index contributed by atoms with van der Waals surface area (Å²) in [6.07, 6.45) is 8.38. The van der Waals surface area contributed by atoms with Crippen LogP contribution in [0.1, 0.15) is 57.4 Å². The summed E-state index contributed by atoms with van der Waals surface area (Å²) in [6.45, 7) is 2.24. The molecule has 1 N–H and O–H groups in total. The molecule has 1 fully saturated rings. The maximum Gasteiger partial charge on any atom is 0.0688 e. The highest BCUT2D eigenvalue weighted by molar-refractivity contribution is 6.33. The first kappa shape index (κ1) is 16.1. The molecule has 2 unspecified atom stereocenters. The third-order valence-corrected chi connectivity index (χ3v) is 5.10. The maximum atomic E-state index is 10.9. The van der Waals surface area contributed by atoms with E-state index in [9.17, 15) is 5.11 Å². The Labute approximate surface area is 132 Å². The summed E-state index contributed by atoms with van der Waals surface area (Å²) in [5.41, 5.74) is 0.354. The van der Waals surface area contributed by atoms with Crippen molar-refractivity contribution in [2.24, 2.45) is 5.92 Å². The predicted molar refractivity (Wildman–Crippen MR) is 86.6 cm³/mol. The molecule has 20 heavy (non-hydrogen) atoms. The third-order valence-electron chi connectivity index (χ3n) is 4.50. The molecule has 0 aromatic heterocycles. The Balaban J connectivity index is 2.05. The maximum absolute atomic E-state index is 10.9. The van der Waals surface area contributed by atoms with E-state index in [1.807, 2.05) is 12.1 Å². The van der Waals surface area contributed by atoms with Crippen molar-refractivity contribution >= 4 is 23.2 Å². The molecule has 0 radical (unpaired) electrons. The van der Waals surface area contributed by atoms with E-state index in [-0.39, 0.29) is 0 Å². The molecule has 1 nitrogen and oxygen atoms in total. The summed E-state index contributed by atoms with van der Waals surface area (Å²) in [6, 6.07) is 5.50. The summed E-state index contributed by atoms with van der Waals surface area (Å²) in [5, 5.41) is 12.3. The van der Waals surface area contributed by atoms with Crippen LogP contribution in [0.2, 0.25) is 10.0 Å². The van der Waals surface area contributed by atoms with Crippen LogP contribution in [0.5, 0.6) is 0 Å². The molecule has 0 bridgehead atoms. The number of rotatable bonds is 4. The summed E-state index contributed by atoms with van der Waals surface area (Å²) < 4.78 is 0. The van der Waals surface area contributed by atoms with E-state index in [1.165, 1.54) is 19.3 Å². The van der Waals surface area contributed by atoms with Gasteiger partial charge in [0.1, 0.15) is 0 Å². The van der Waals surface area contributed by atoms with Gasteiger partial charge in [0, 0.05) is 16.5 Å². The Morgan fingerprint density at radius 1 is 1.25 bits per heavy atom. The second-order valence-corrected chi connectivity index (χ2v) is 7.07. The lowest BCUT2D eigenvalue weighted by atomic mass is 9.86. The topological polar surface area (TPSA) is 20.2 Å². The van der Waals surface area contributed by atoms with E-state index >= 15 is 0 Å². The van der Waals surface area contributed by atoms with Crippen LogP contribution in [0.4, 0.5) is 0 Å². The van der Waals surface area contributed by atoms with E-state index < -0.39 is 5.60 Å². The Hall–Kier alpha value is -0.240. The molecule has 1 aliphatic rings. The van der Waals surface area contributed by atoms with Crippen LogP contribution >= 0.6 is 23.2 Å². The Kier molecular flexibility index (Phi) is 5.77. The highest BCUT2D eigenvalue weighted by atomic mass is 35.5. The highest BCUT2D eigenvalue weighted by Crippen LogP contribution is 2.36. The minimum Gasteiger partial charge on any atom is -0.390 e. The largest absolute Gasteiger partial charge is 0.390 e. The summed E-state index contributed by atoms with van der Waals surface area (Å²) >= 11 is 12.3. The van der Waals surface area contributed by atoms with Crippen molar-refractivity contribution in [2.75, 3.05) is 0 Å². The molecule has 0 amide bonds. The number of halogens is 2. The molecular weight excluding hydrogens is 291 g/mol. The molecule has 0 heterocycles. The average Bonchev–Trinajstić information content (AvgIpc) is 2.57. The Bertz CT molecular complexity index is 447. The molecule has 0 spiro atoms. The van der Waals surface area contributed by atoms with Crippen LogP contribution in [0.25, 0.3) is 0 Å². The SMILES string of the molecule is CCCC1CCCC(O)(Cc2cc(Cl)ccc2Cl)CC1. The zero-order valence-electron chi connectivity index (χ0n) is 12.2. The molecule has 2 atom stereocenters. The minimum atomic E-state index is -0.614.